The maximum Gasteiger partial charge on any atom is 0.270 e. The molecule has 0 atom stereocenters. The summed E-state index contributed by atoms with van der Waals surface area (Å²) in [7, 11) is 7.84. The molecule has 0 rings (SSSR count). The lowest BCUT2D eigenvalue weighted by atomic mass is 10.8. The molecule has 0 radical (unpaired) electrons. The summed E-state index contributed by atoms with van der Waals surface area (Å²) in [5, 5.41) is 0. The van der Waals surface area contributed by atoms with Crippen LogP contribution in [0.4, 0.5) is 0 Å². The van der Waals surface area contributed by atoms with Gasteiger partial charge in [-0.2, -0.15) is 0 Å². The Morgan fingerprint density at radius 1 is 0.692 bits per heavy atom. The number of methoxy groups -OCH3 is 5. The Balaban J connectivity index is 0. The zero-order valence-corrected chi connectivity index (χ0v) is 9.03. The molecule has 82 valence electrons. The lowest BCUT2D eigenvalue weighted by Crippen LogP contribution is -2.14. The minimum Gasteiger partial charge on any atom is -0.382 e. The molecule has 0 N–H and O–H groups in total. The second-order valence-corrected chi connectivity index (χ2v) is 1.98. The summed E-state index contributed by atoms with van der Waals surface area (Å²) in [6, 6.07) is 0. The van der Waals surface area contributed by atoms with Gasteiger partial charge in [-0.1, -0.05) is 0 Å². The second kappa shape index (κ2) is 14.3. The van der Waals surface area contributed by atoms with E-state index in [2.05, 4.69) is 23.7 Å². The fraction of sp³-hybridized carbons (Fsp3) is 1.00. The zero-order chi connectivity index (χ0) is 10.5. The quantitative estimate of drug-likeness (QED) is 0.457. The fourth-order valence-electron chi connectivity index (χ4n) is 0.455. The molecule has 0 aliphatic rings. The molecule has 0 aromatic carbocycles. The van der Waals surface area contributed by atoms with Crippen LogP contribution in [0.3, 0.4) is 0 Å². The van der Waals surface area contributed by atoms with Gasteiger partial charge in [-0.25, -0.2) is 0 Å². The molecule has 0 spiro atoms. The number of rotatable bonds is 6. The summed E-state index contributed by atoms with van der Waals surface area (Å²) < 4.78 is 23.1. The van der Waals surface area contributed by atoms with E-state index in [1.165, 1.54) is 21.3 Å². The highest BCUT2D eigenvalue weighted by molar-refractivity contribution is 4.17. The van der Waals surface area contributed by atoms with Crippen molar-refractivity contribution < 1.29 is 23.7 Å². The topological polar surface area (TPSA) is 46.2 Å². The first-order valence-electron chi connectivity index (χ1n) is 3.83. The van der Waals surface area contributed by atoms with Gasteiger partial charge in [0.15, 0.2) is 0 Å². The SMILES string of the molecule is COC(OC)OC.COCCOC. The molecule has 0 bridgehead atoms. The van der Waals surface area contributed by atoms with Crippen molar-refractivity contribution in [2.24, 2.45) is 0 Å². The highest BCUT2D eigenvalue weighted by Gasteiger charge is 1.96. The summed E-state index contributed by atoms with van der Waals surface area (Å²) in [4.78, 5) is 0. The third-order valence-corrected chi connectivity index (χ3v) is 1.07. The van der Waals surface area contributed by atoms with Gasteiger partial charge >= 0.3 is 0 Å². The van der Waals surface area contributed by atoms with E-state index < -0.39 is 6.48 Å². The molecule has 0 aliphatic carbocycles. The van der Waals surface area contributed by atoms with Gasteiger partial charge in [-0.15, -0.1) is 0 Å². The molecular weight excluding hydrogens is 176 g/mol. The summed E-state index contributed by atoms with van der Waals surface area (Å²) in [6.07, 6.45) is 0. The monoisotopic (exact) mass is 196 g/mol. The fourth-order valence-corrected chi connectivity index (χ4v) is 0.455. The molecule has 0 heterocycles. The summed E-state index contributed by atoms with van der Waals surface area (Å²) in [6.45, 7) is 0.868. The minimum absolute atomic E-state index is 0.514. The maximum atomic E-state index is 4.66. The van der Waals surface area contributed by atoms with Crippen LogP contribution >= 0.6 is 0 Å². The van der Waals surface area contributed by atoms with E-state index in [4.69, 9.17) is 0 Å². The van der Waals surface area contributed by atoms with E-state index >= 15 is 0 Å². The van der Waals surface area contributed by atoms with Crippen molar-refractivity contribution in [1.29, 1.82) is 0 Å². The molecule has 0 fully saturated rings. The third kappa shape index (κ3) is 14.6. The van der Waals surface area contributed by atoms with Crippen LogP contribution in [0, 0.1) is 0 Å². The first-order chi connectivity index (χ1) is 6.26. The van der Waals surface area contributed by atoms with Gasteiger partial charge in [-0.05, 0) is 0 Å². The second-order valence-electron chi connectivity index (χ2n) is 1.98. The smallest absolute Gasteiger partial charge is 0.270 e. The van der Waals surface area contributed by atoms with Gasteiger partial charge in [0, 0.05) is 35.5 Å². The van der Waals surface area contributed by atoms with Crippen molar-refractivity contribution in [3.63, 3.8) is 0 Å². The molecule has 0 aromatic heterocycles. The molecule has 0 aliphatic heterocycles. The first kappa shape index (κ1) is 15.3. The van der Waals surface area contributed by atoms with Crippen LogP contribution in [0.25, 0.3) is 0 Å². The standard InChI is InChI=1S/C4H10O3.C4H10O2/c1-5-4(6-2)7-3;1-5-3-4-6-2/h4H,1-3H3;3-4H2,1-2H3. The van der Waals surface area contributed by atoms with Crippen LogP contribution in [-0.2, 0) is 23.7 Å². The van der Waals surface area contributed by atoms with Crippen LogP contribution in [0.2, 0.25) is 0 Å². The lowest BCUT2D eigenvalue weighted by molar-refractivity contribution is -0.252. The molecule has 0 aromatic rings. The van der Waals surface area contributed by atoms with E-state index in [0.29, 0.717) is 13.2 Å². The molecule has 0 amide bonds. The summed E-state index contributed by atoms with van der Waals surface area (Å²) >= 11 is 0. The number of hydrogen-bond donors (Lipinski definition) is 0. The van der Waals surface area contributed by atoms with E-state index in [0.717, 1.165) is 0 Å². The van der Waals surface area contributed by atoms with Crippen molar-refractivity contribution in [3.8, 4) is 0 Å². The molecule has 0 unspecified atom stereocenters. The van der Waals surface area contributed by atoms with Gasteiger partial charge in [0.05, 0.1) is 13.2 Å². The number of hydrogen-bond acceptors (Lipinski definition) is 5. The van der Waals surface area contributed by atoms with Gasteiger partial charge in [0.25, 0.3) is 6.48 Å². The highest BCUT2D eigenvalue weighted by Crippen LogP contribution is 1.87. The van der Waals surface area contributed by atoms with Gasteiger partial charge < -0.3 is 23.7 Å². The Kier molecular flexibility index (Phi) is 16.8. The Morgan fingerprint density at radius 2 is 1.00 bits per heavy atom. The largest absolute Gasteiger partial charge is 0.382 e. The van der Waals surface area contributed by atoms with Crippen molar-refractivity contribution in [2.45, 2.75) is 6.48 Å². The Morgan fingerprint density at radius 3 is 1.08 bits per heavy atom. The molecular formula is C8H20O5. The number of ether oxygens (including phenoxy) is 5. The molecule has 0 saturated carbocycles. The van der Waals surface area contributed by atoms with Crippen LogP contribution in [0.1, 0.15) is 0 Å². The Bertz CT molecular complexity index is 65.4. The first-order valence-corrected chi connectivity index (χ1v) is 3.83. The van der Waals surface area contributed by atoms with Gasteiger partial charge in [0.1, 0.15) is 0 Å². The van der Waals surface area contributed by atoms with E-state index in [-0.39, 0.29) is 0 Å². The normalized spacial score (nSPS) is 9.69. The van der Waals surface area contributed by atoms with Crippen molar-refractivity contribution in [1.82, 2.24) is 0 Å². The van der Waals surface area contributed by atoms with E-state index in [1.54, 1.807) is 14.2 Å². The average molecular weight is 196 g/mol. The summed E-state index contributed by atoms with van der Waals surface area (Å²) in [5.74, 6) is 0. The molecule has 13 heavy (non-hydrogen) atoms. The molecule has 0 saturated heterocycles. The summed E-state index contributed by atoms with van der Waals surface area (Å²) in [5.41, 5.74) is 0. The molecule has 5 nitrogen and oxygen atoms in total. The minimum atomic E-state index is -0.514. The van der Waals surface area contributed by atoms with Crippen molar-refractivity contribution >= 4 is 0 Å². The van der Waals surface area contributed by atoms with Crippen LogP contribution in [-0.4, -0.2) is 55.2 Å². The van der Waals surface area contributed by atoms with Crippen molar-refractivity contribution in [2.75, 3.05) is 48.8 Å². The van der Waals surface area contributed by atoms with E-state index in [9.17, 15) is 0 Å². The van der Waals surface area contributed by atoms with Crippen LogP contribution in [0.5, 0.6) is 0 Å². The maximum absolute atomic E-state index is 4.66. The van der Waals surface area contributed by atoms with Crippen LogP contribution in [0.15, 0.2) is 0 Å². The predicted octanol–water partition coefficient (Wildman–Crippen LogP) is 0.488. The van der Waals surface area contributed by atoms with Crippen molar-refractivity contribution in [3.05, 3.63) is 0 Å². The van der Waals surface area contributed by atoms with E-state index in [1.807, 2.05) is 0 Å². The zero-order valence-electron chi connectivity index (χ0n) is 9.03. The Labute approximate surface area is 79.9 Å². The lowest BCUT2D eigenvalue weighted by Gasteiger charge is -2.08. The van der Waals surface area contributed by atoms with Gasteiger partial charge in [-0.3, -0.25) is 0 Å². The Hall–Kier alpha value is -0.200. The van der Waals surface area contributed by atoms with Crippen LogP contribution < -0.4 is 0 Å². The average Bonchev–Trinajstić information content (AvgIpc) is 2.18. The highest BCUT2D eigenvalue weighted by atomic mass is 16.8. The van der Waals surface area contributed by atoms with Gasteiger partial charge in [0.2, 0.25) is 0 Å². The third-order valence-electron chi connectivity index (χ3n) is 1.07. The molecule has 5 heteroatoms. The predicted molar refractivity (Wildman–Crippen MR) is 48.6 cm³/mol.